The molecular formula is C11H23F2NO. The molecule has 0 atom stereocenters. The SMILES string of the molecule is CCC(F)(F)COCCCNC(C)(C)C. The van der Waals surface area contributed by atoms with Crippen molar-refractivity contribution in [1.29, 1.82) is 0 Å². The number of hydrogen-bond acceptors (Lipinski definition) is 2. The molecule has 92 valence electrons. The molecule has 0 saturated heterocycles. The van der Waals surface area contributed by atoms with Crippen LogP contribution in [0.2, 0.25) is 0 Å². The van der Waals surface area contributed by atoms with Crippen molar-refractivity contribution in [3.05, 3.63) is 0 Å². The van der Waals surface area contributed by atoms with Gasteiger partial charge in [0.1, 0.15) is 6.61 Å². The molecule has 0 radical (unpaired) electrons. The molecule has 0 aliphatic carbocycles. The second kappa shape index (κ2) is 6.38. The fourth-order valence-electron chi connectivity index (χ4n) is 0.961. The van der Waals surface area contributed by atoms with Crippen LogP contribution in [0.15, 0.2) is 0 Å². The van der Waals surface area contributed by atoms with Crippen LogP contribution in [0.5, 0.6) is 0 Å². The zero-order chi connectivity index (χ0) is 11.9. The van der Waals surface area contributed by atoms with E-state index in [4.69, 9.17) is 4.74 Å². The van der Waals surface area contributed by atoms with E-state index >= 15 is 0 Å². The van der Waals surface area contributed by atoms with Gasteiger partial charge in [0.2, 0.25) is 0 Å². The Balaban J connectivity index is 3.33. The molecule has 15 heavy (non-hydrogen) atoms. The highest BCUT2D eigenvalue weighted by Crippen LogP contribution is 2.17. The number of halogens is 2. The van der Waals surface area contributed by atoms with Gasteiger partial charge in [-0.05, 0) is 33.7 Å². The number of ether oxygens (including phenoxy) is 1. The Hall–Kier alpha value is -0.220. The van der Waals surface area contributed by atoms with Crippen molar-refractivity contribution in [1.82, 2.24) is 5.32 Å². The van der Waals surface area contributed by atoms with Gasteiger partial charge >= 0.3 is 0 Å². The highest BCUT2D eigenvalue weighted by molar-refractivity contribution is 4.69. The van der Waals surface area contributed by atoms with Crippen LogP contribution >= 0.6 is 0 Å². The summed E-state index contributed by atoms with van der Waals surface area (Å²) in [5.41, 5.74) is 0.0767. The first-order valence-electron chi connectivity index (χ1n) is 5.47. The van der Waals surface area contributed by atoms with Crippen LogP contribution in [0.1, 0.15) is 40.5 Å². The van der Waals surface area contributed by atoms with Crippen molar-refractivity contribution >= 4 is 0 Å². The second-order valence-electron chi connectivity index (χ2n) is 4.79. The van der Waals surface area contributed by atoms with Gasteiger partial charge in [-0.2, -0.15) is 0 Å². The summed E-state index contributed by atoms with van der Waals surface area (Å²) in [7, 11) is 0. The van der Waals surface area contributed by atoms with E-state index in [0.29, 0.717) is 6.61 Å². The third-order valence-corrected chi connectivity index (χ3v) is 1.95. The lowest BCUT2D eigenvalue weighted by molar-refractivity contribution is -0.0791. The fourth-order valence-corrected chi connectivity index (χ4v) is 0.961. The topological polar surface area (TPSA) is 21.3 Å². The number of rotatable bonds is 7. The monoisotopic (exact) mass is 223 g/mol. The van der Waals surface area contributed by atoms with Crippen molar-refractivity contribution in [2.75, 3.05) is 19.8 Å². The van der Waals surface area contributed by atoms with Crippen LogP contribution in [0, 0.1) is 0 Å². The van der Waals surface area contributed by atoms with Crippen molar-refractivity contribution in [2.24, 2.45) is 0 Å². The van der Waals surface area contributed by atoms with Crippen LogP contribution in [-0.2, 0) is 4.74 Å². The molecule has 0 amide bonds. The van der Waals surface area contributed by atoms with E-state index in [9.17, 15) is 8.78 Å². The van der Waals surface area contributed by atoms with Gasteiger partial charge in [-0.1, -0.05) is 6.92 Å². The Morgan fingerprint density at radius 2 is 1.80 bits per heavy atom. The lowest BCUT2D eigenvalue weighted by Crippen LogP contribution is -2.36. The van der Waals surface area contributed by atoms with Crippen LogP contribution in [-0.4, -0.2) is 31.2 Å². The zero-order valence-corrected chi connectivity index (χ0v) is 10.2. The highest BCUT2D eigenvalue weighted by Gasteiger charge is 2.25. The molecule has 1 N–H and O–H groups in total. The van der Waals surface area contributed by atoms with Gasteiger partial charge in [0, 0.05) is 18.6 Å². The normalized spacial score (nSPS) is 13.2. The van der Waals surface area contributed by atoms with Crippen LogP contribution in [0.3, 0.4) is 0 Å². The summed E-state index contributed by atoms with van der Waals surface area (Å²) in [4.78, 5) is 0. The number of hydrogen-bond donors (Lipinski definition) is 1. The maximum atomic E-state index is 12.7. The quantitative estimate of drug-likeness (QED) is 0.670. The zero-order valence-electron chi connectivity index (χ0n) is 10.2. The van der Waals surface area contributed by atoms with Gasteiger partial charge in [0.05, 0.1) is 0 Å². The molecule has 0 unspecified atom stereocenters. The van der Waals surface area contributed by atoms with Crippen molar-refractivity contribution < 1.29 is 13.5 Å². The molecule has 2 nitrogen and oxygen atoms in total. The minimum Gasteiger partial charge on any atom is -0.375 e. The number of nitrogens with one attached hydrogen (secondary N) is 1. The Morgan fingerprint density at radius 3 is 2.27 bits per heavy atom. The molecule has 0 aromatic heterocycles. The van der Waals surface area contributed by atoms with Gasteiger partial charge in [0.25, 0.3) is 5.92 Å². The first kappa shape index (κ1) is 14.8. The summed E-state index contributed by atoms with van der Waals surface area (Å²) in [6, 6.07) is 0. The van der Waals surface area contributed by atoms with E-state index < -0.39 is 12.5 Å². The van der Waals surface area contributed by atoms with Crippen molar-refractivity contribution in [3.8, 4) is 0 Å². The Labute approximate surface area is 91.4 Å². The molecule has 0 aliphatic heterocycles. The van der Waals surface area contributed by atoms with E-state index in [1.54, 1.807) is 0 Å². The van der Waals surface area contributed by atoms with E-state index in [1.807, 2.05) is 0 Å². The summed E-state index contributed by atoms with van der Waals surface area (Å²) in [6.45, 7) is 8.39. The molecule has 0 heterocycles. The van der Waals surface area contributed by atoms with E-state index in [0.717, 1.165) is 13.0 Å². The Morgan fingerprint density at radius 1 is 1.20 bits per heavy atom. The summed E-state index contributed by atoms with van der Waals surface area (Å²) in [5, 5.41) is 3.27. The van der Waals surface area contributed by atoms with Gasteiger partial charge < -0.3 is 10.1 Å². The largest absolute Gasteiger partial charge is 0.375 e. The third kappa shape index (κ3) is 10.1. The van der Waals surface area contributed by atoms with Gasteiger partial charge in [-0.15, -0.1) is 0 Å². The molecular weight excluding hydrogens is 200 g/mol. The van der Waals surface area contributed by atoms with Gasteiger partial charge in [0.15, 0.2) is 0 Å². The van der Waals surface area contributed by atoms with Crippen LogP contribution in [0.4, 0.5) is 8.78 Å². The molecule has 0 spiro atoms. The lowest BCUT2D eigenvalue weighted by atomic mass is 10.1. The average molecular weight is 223 g/mol. The Bertz CT molecular complexity index is 166. The fraction of sp³-hybridized carbons (Fsp3) is 1.00. The van der Waals surface area contributed by atoms with Crippen molar-refractivity contribution in [3.63, 3.8) is 0 Å². The van der Waals surface area contributed by atoms with Crippen LogP contribution < -0.4 is 5.32 Å². The molecule has 0 saturated carbocycles. The van der Waals surface area contributed by atoms with E-state index in [1.165, 1.54) is 6.92 Å². The predicted molar refractivity (Wildman–Crippen MR) is 58.4 cm³/mol. The summed E-state index contributed by atoms with van der Waals surface area (Å²) in [6.07, 6.45) is 0.601. The molecule has 0 bridgehead atoms. The minimum atomic E-state index is -2.67. The molecule has 0 rings (SSSR count). The summed E-state index contributed by atoms with van der Waals surface area (Å²) >= 11 is 0. The van der Waals surface area contributed by atoms with E-state index in [2.05, 4.69) is 26.1 Å². The lowest BCUT2D eigenvalue weighted by Gasteiger charge is -2.20. The first-order chi connectivity index (χ1) is 6.77. The molecule has 0 aliphatic rings. The standard InChI is InChI=1S/C11H23F2NO/c1-5-11(12,13)9-15-8-6-7-14-10(2,3)4/h14H,5-9H2,1-4H3. The maximum absolute atomic E-state index is 12.7. The maximum Gasteiger partial charge on any atom is 0.270 e. The number of alkyl halides is 2. The summed E-state index contributed by atoms with van der Waals surface area (Å²) < 4.78 is 30.3. The first-order valence-corrected chi connectivity index (χ1v) is 5.47. The summed E-state index contributed by atoms with van der Waals surface area (Å²) in [5.74, 6) is -2.67. The van der Waals surface area contributed by atoms with Gasteiger partial charge in [-0.3, -0.25) is 0 Å². The smallest absolute Gasteiger partial charge is 0.270 e. The minimum absolute atomic E-state index is 0.0767. The second-order valence-corrected chi connectivity index (χ2v) is 4.79. The van der Waals surface area contributed by atoms with Crippen LogP contribution in [0.25, 0.3) is 0 Å². The molecule has 0 fully saturated rings. The Kier molecular flexibility index (Phi) is 6.29. The predicted octanol–water partition coefficient (Wildman–Crippen LogP) is 2.83. The molecule has 0 aromatic carbocycles. The molecule has 4 heteroatoms. The van der Waals surface area contributed by atoms with Gasteiger partial charge in [-0.25, -0.2) is 8.78 Å². The highest BCUT2D eigenvalue weighted by atomic mass is 19.3. The average Bonchev–Trinajstić information content (AvgIpc) is 2.09. The third-order valence-electron chi connectivity index (χ3n) is 1.95. The van der Waals surface area contributed by atoms with Crippen molar-refractivity contribution in [2.45, 2.75) is 52.0 Å². The van der Waals surface area contributed by atoms with E-state index in [-0.39, 0.29) is 12.0 Å². The molecule has 0 aromatic rings.